The Labute approximate surface area is 195 Å². The van der Waals surface area contributed by atoms with E-state index in [1.807, 2.05) is 7.05 Å². The first kappa shape index (κ1) is 24.8. The van der Waals surface area contributed by atoms with Crippen LogP contribution in [0, 0.1) is 11.3 Å². The molecule has 2 aliphatic rings. The number of unbranched alkanes of at least 4 members (excludes halogenated alkanes) is 1. The van der Waals surface area contributed by atoms with Gasteiger partial charge in [0.1, 0.15) is 0 Å². The van der Waals surface area contributed by atoms with Gasteiger partial charge in [-0.1, -0.05) is 39.0 Å². The minimum Gasteiger partial charge on any atom is -0.377 e. The predicted molar refractivity (Wildman–Crippen MR) is 136 cm³/mol. The molecular weight excluding hydrogens is 398 g/mol. The second-order valence-electron chi connectivity index (χ2n) is 10.3. The Morgan fingerprint density at radius 2 is 1.81 bits per heavy atom. The van der Waals surface area contributed by atoms with Crippen molar-refractivity contribution < 1.29 is 4.74 Å². The molecule has 2 heterocycles. The first-order chi connectivity index (χ1) is 15.5. The molecule has 0 amide bonds. The lowest BCUT2D eigenvalue weighted by Gasteiger charge is -2.40. The zero-order valence-corrected chi connectivity index (χ0v) is 20.8. The zero-order valence-electron chi connectivity index (χ0n) is 20.8. The molecule has 0 bridgehead atoms. The van der Waals surface area contributed by atoms with E-state index in [0.29, 0.717) is 12.0 Å². The van der Waals surface area contributed by atoms with Crippen molar-refractivity contribution in [3.63, 3.8) is 0 Å². The number of anilines is 1. The number of rotatable bonds is 8. The van der Waals surface area contributed by atoms with Crippen LogP contribution in [0.5, 0.6) is 0 Å². The van der Waals surface area contributed by atoms with Gasteiger partial charge in [0.25, 0.3) is 0 Å². The summed E-state index contributed by atoms with van der Waals surface area (Å²) in [6, 6.07) is 10.8. The highest BCUT2D eigenvalue weighted by Gasteiger charge is 2.35. The molecule has 0 radical (unpaired) electrons. The SMILES string of the molecule is CN=C(NCCCCN1CCN(c2ccccc2)CC1)NCC1CCCOC1C(C)(C)C. The molecular formula is C26H45N5O. The fourth-order valence-corrected chi connectivity index (χ4v) is 4.99. The number of nitrogens with zero attached hydrogens (tertiary/aromatic N) is 3. The van der Waals surface area contributed by atoms with E-state index in [-0.39, 0.29) is 5.41 Å². The van der Waals surface area contributed by atoms with Crippen LogP contribution in [0.2, 0.25) is 0 Å². The van der Waals surface area contributed by atoms with Crippen molar-refractivity contribution in [2.75, 3.05) is 64.4 Å². The van der Waals surface area contributed by atoms with Gasteiger partial charge in [0.05, 0.1) is 6.10 Å². The van der Waals surface area contributed by atoms with Crippen LogP contribution in [0.4, 0.5) is 5.69 Å². The van der Waals surface area contributed by atoms with Crippen molar-refractivity contribution in [1.82, 2.24) is 15.5 Å². The number of piperazine rings is 1. The summed E-state index contributed by atoms with van der Waals surface area (Å²) < 4.78 is 6.12. The average molecular weight is 444 g/mol. The fourth-order valence-electron chi connectivity index (χ4n) is 4.99. The van der Waals surface area contributed by atoms with Crippen LogP contribution in [-0.4, -0.2) is 76.4 Å². The normalized spacial score (nSPS) is 23.2. The van der Waals surface area contributed by atoms with E-state index < -0.39 is 0 Å². The molecule has 0 spiro atoms. The molecule has 6 nitrogen and oxygen atoms in total. The zero-order chi connectivity index (χ0) is 22.8. The van der Waals surface area contributed by atoms with Gasteiger partial charge in [-0.05, 0) is 49.8 Å². The van der Waals surface area contributed by atoms with Gasteiger partial charge in [-0.3, -0.25) is 9.89 Å². The summed E-state index contributed by atoms with van der Waals surface area (Å²) in [4.78, 5) is 9.52. The van der Waals surface area contributed by atoms with Gasteiger partial charge in [-0.25, -0.2) is 0 Å². The Morgan fingerprint density at radius 3 is 2.50 bits per heavy atom. The Bertz CT molecular complexity index is 679. The van der Waals surface area contributed by atoms with E-state index in [1.54, 1.807) is 0 Å². The van der Waals surface area contributed by atoms with Gasteiger partial charge in [-0.15, -0.1) is 0 Å². The second-order valence-corrected chi connectivity index (χ2v) is 10.3. The molecule has 2 fully saturated rings. The molecule has 3 rings (SSSR count). The molecule has 6 heteroatoms. The summed E-state index contributed by atoms with van der Waals surface area (Å²) in [5.74, 6) is 1.46. The van der Waals surface area contributed by atoms with Crippen molar-refractivity contribution in [3.05, 3.63) is 30.3 Å². The number of benzene rings is 1. The molecule has 0 aliphatic carbocycles. The Hall–Kier alpha value is -1.79. The highest BCUT2D eigenvalue weighted by atomic mass is 16.5. The average Bonchev–Trinajstić information content (AvgIpc) is 2.81. The van der Waals surface area contributed by atoms with E-state index in [9.17, 15) is 0 Å². The molecule has 2 unspecified atom stereocenters. The number of ether oxygens (including phenoxy) is 1. The first-order valence-electron chi connectivity index (χ1n) is 12.6. The predicted octanol–water partition coefficient (Wildman–Crippen LogP) is 3.60. The minimum atomic E-state index is 0.177. The summed E-state index contributed by atoms with van der Waals surface area (Å²) >= 11 is 0. The third kappa shape index (κ3) is 7.66. The lowest BCUT2D eigenvalue weighted by molar-refractivity contribution is -0.0835. The van der Waals surface area contributed by atoms with Crippen LogP contribution in [0.3, 0.4) is 0 Å². The number of hydrogen-bond acceptors (Lipinski definition) is 4. The monoisotopic (exact) mass is 443 g/mol. The maximum absolute atomic E-state index is 6.12. The van der Waals surface area contributed by atoms with Crippen molar-refractivity contribution in [2.24, 2.45) is 16.3 Å². The van der Waals surface area contributed by atoms with E-state index >= 15 is 0 Å². The minimum absolute atomic E-state index is 0.177. The van der Waals surface area contributed by atoms with E-state index in [2.05, 4.69) is 76.5 Å². The highest BCUT2D eigenvalue weighted by molar-refractivity contribution is 5.79. The van der Waals surface area contributed by atoms with Crippen LogP contribution in [-0.2, 0) is 4.74 Å². The van der Waals surface area contributed by atoms with Crippen LogP contribution in [0.15, 0.2) is 35.3 Å². The molecule has 2 saturated heterocycles. The summed E-state index contributed by atoms with van der Waals surface area (Å²) in [6.07, 6.45) is 5.08. The lowest BCUT2D eigenvalue weighted by atomic mass is 9.78. The van der Waals surface area contributed by atoms with Crippen LogP contribution in [0.25, 0.3) is 0 Å². The maximum Gasteiger partial charge on any atom is 0.190 e. The molecule has 2 atom stereocenters. The molecule has 0 saturated carbocycles. The third-order valence-corrected chi connectivity index (χ3v) is 6.74. The van der Waals surface area contributed by atoms with Gasteiger partial charge in [0, 0.05) is 64.5 Å². The topological polar surface area (TPSA) is 52.1 Å². The molecule has 2 aliphatic heterocycles. The number of para-hydroxylation sites is 1. The fraction of sp³-hybridized carbons (Fsp3) is 0.731. The lowest BCUT2D eigenvalue weighted by Crippen LogP contribution is -2.47. The number of aliphatic imine (C=N–C) groups is 1. The summed E-state index contributed by atoms with van der Waals surface area (Å²) in [6.45, 7) is 15.4. The van der Waals surface area contributed by atoms with Crippen LogP contribution in [0.1, 0.15) is 46.5 Å². The Balaban J connectivity index is 1.28. The van der Waals surface area contributed by atoms with E-state index in [4.69, 9.17) is 4.74 Å². The molecule has 2 N–H and O–H groups in total. The van der Waals surface area contributed by atoms with E-state index in [0.717, 1.165) is 64.7 Å². The summed E-state index contributed by atoms with van der Waals surface area (Å²) in [5, 5.41) is 7.05. The highest BCUT2D eigenvalue weighted by Crippen LogP contribution is 2.33. The van der Waals surface area contributed by atoms with Gasteiger partial charge >= 0.3 is 0 Å². The first-order valence-corrected chi connectivity index (χ1v) is 12.6. The smallest absolute Gasteiger partial charge is 0.190 e. The van der Waals surface area contributed by atoms with Crippen molar-refractivity contribution in [3.8, 4) is 0 Å². The van der Waals surface area contributed by atoms with Crippen molar-refractivity contribution >= 4 is 11.6 Å². The number of nitrogens with one attached hydrogen (secondary N) is 2. The molecule has 32 heavy (non-hydrogen) atoms. The van der Waals surface area contributed by atoms with Crippen molar-refractivity contribution in [1.29, 1.82) is 0 Å². The maximum atomic E-state index is 6.12. The van der Waals surface area contributed by atoms with Crippen molar-refractivity contribution in [2.45, 2.75) is 52.6 Å². The van der Waals surface area contributed by atoms with Crippen LogP contribution >= 0.6 is 0 Å². The Morgan fingerprint density at radius 1 is 1.06 bits per heavy atom. The van der Waals surface area contributed by atoms with Crippen LogP contribution < -0.4 is 15.5 Å². The van der Waals surface area contributed by atoms with Gasteiger partial charge in [-0.2, -0.15) is 0 Å². The number of hydrogen-bond donors (Lipinski definition) is 2. The largest absolute Gasteiger partial charge is 0.377 e. The van der Waals surface area contributed by atoms with Gasteiger partial charge in [0.2, 0.25) is 0 Å². The quantitative estimate of drug-likeness (QED) is 0.365. The van der Waals surface area contributed by atoms with Gasteiger partial charge in [0.15, 0.2) is 5.96 Å². The van der Waals surface area contributed by atoms with Gasteiger partial charge < -0.3 is 20.3 Å². The molecule has 0 aromatic heterocycles. The molecule has 180 valence electrons. The Kier molecular flexibility index (Phi) is 9.67. The second kappa shape index (κ2) is 12.4. The molecule has 1 aromatic rings. The standard InChI is InChI=1S/C26H45N5O/c1-26(2,3)24-22(11-10-20-32-24)21-29-25(27-4)28-14-8-9-15-30-16-18-31(19-17-30)23-12-6-5-7-13-23/h5-7,12-13,22,24H,8-11,14-21H2,1-4H3,(H2,27,28,29). The summed E-state index contributed by atoms with van der Waals surface area (Å²) in [5.41, 5.74) is 1.53. The van der Waals surface area contributed by atoms with E-state index in [1.165, 1.54) is 25.1 Å². The molecule has 1 aromatic carbocycles. The number of guanidine groups is 1. The third-order valence-electron chi connectivity index (χ3n) is 6.74. The summed E-state index contributed by atoms with van der Waals surface area (Å²) in [7, 11) is 1.86.